The second-order valence-electron chi connectivity index (χ2n) is 5.16. The van der Waals surface area contributed by atoms with Crippen molar-refractivity contribution < 1.29 is 9.53 Å². The molecule has 0 N–H and O–H groups in total. The third kappa shape index (κ3) is 3.19. The highest BCUT2D eigenvalue weighted by molar-refractivity contribution is 9.10. The topological polar surface area (TPSA) is 44.1 Å². The fourth-order valence-corrected chi connectivity index (χ4v) is 2.63. The van der Waals surface area contributed by atoms with Gasteiger partial charge in [0.05, 0.1) is 7.11 Å². The number of hydrogen-bond acceptors (Lipinski definition) is 3. The first-order valence-corrected chi connectivity index (χ1v) is 7.88. The predicted octanol–water partition coefficient (Wildman–Crippen LogP) is 4.40. The van der Waals surface area contributed by atoms with Crippen molar-refractivity contribution in [2.24, 2.45) is 0 Å². The highest BCUT2D eigenvalue weighted by atomic mass is 79.9. The number of halogens is 1. The molecule has 23 heavy (non-hydrogen) atoms. The van der Waals surface area contributed by atoms with Crippen LogP contribution in [-0.4, -0.2) is 22.6 Å². The van der Waals surface area contributed by atoms with Crippen LogP contribution in [0.3, 0.4) is 0 Å². The Morgan fingerprint density at radius 1 is 1.17 bits per heavy atom. The first-order chi connectivity index (χ1) is 11.1. The molecule has 0 aliphatic rings. The number of carbonyl (C=O) groups excluding carboxylic acids is 1. The van der Waals surface area contributed by atoms with E-state index in [0.717, 1.165) is 21.3 Å². The molecule has 0 aliphatic carbocycles. The lowest BCUT2D eigenvalue weighted by Crippen LogP contribution is -2.01. The van der Waals surface area contributed by atoms with Gasteiger partial charge in [-0.25, -0.2) is 9.78 Å². The number of carbonyl (C=O) groups is 1. The minimum Gasteiger partial charge on any atom is -0.464 e. The van der Waals surface area contributed by atoms with E-state index in [1.165, 1.54) is 7.11 Å². The van der Waals surface area contributed by atoms with Crippen LogP contribution >= 0.6 is 15.9 Å². The number of methoxy groups -OCH3 is 1. The SMILES string of the molecule is COC(=O)c1cn(-c2ccc(Br)cc2)c(-c2cccc(C)c2)n1. The lowest BCUT2D eigenvalue weighted by atomic mass is 10.1. The average molecular weight is 371 g/mol. The maximum absolute atomic E-state index is 11.9. The van der Waals surface area contributed by atoms with Crippen molar-refractivity contribution in [3.8, 4) is 17.1 Å². The number of rotatable bonds is 3. The molecular weight excluding hydrogens is 356 g/mol. The Bertz CT molecular complexity index is 854. The van der Waals surface area contributed by atoms with Crippen LogP contribution in [-0.2, 0) is 4.74 Å². The first-order valence-electron chi connectivity index (χ1n) is 7.09. The van der Waals surface area contributed by atoms with Crippen LogP contribution in [0.2, 0.25) is 0 Å². The van der Waals surface area contributed by atoms with Gasteiger partial charge < -0.3 is 4.74 Å². The van der Waals surface area contributed by atoms with Gasteiger partial charge in [-0.1, -0.05) is 39.7 Å². The molecule has 0 radical (unpaired) electrons. The van der Waals surface area contributed by atoms with Gasteiger partial charge in [-0.2, -0.15) is 0 Å². The van der Waals surface area contributed by atoms with Gasteiger partial charge >= 0.3 is 5.97 Å². The number of imidazole rings is 1. The summed E-state index contributed by atoms with van der Waals surface area (Å²) in [4.78, 5) is 16.3. The van der Waals surface area contributed by atoms with Crippen molar-refractivity contribution in [3.63, 3.8) is 0 Å². The minimum absolute atomic E-state index is 0.284. The molecule has 1 aromatic heterocycles. The van der Waals surface area contributed by atoms with Crippen molar-refractivity contribution in [1.29, 1.82) is 0 Å². The molecule has 0 spiro atoms. The van der Waals surface area contributed by atoms with Crippen LogP contribution in [0.5, 0.6) is 0 Å². The van der Waals surface area contributed by atoms with Crippen LogP contribution in [0.1, 0.15) is 16.1 Å². The summed E-state index contributed by atoms with van der Waals surface area (Å²) in [6.45, 7) is 2.03. The van der Waals surface area contributed by atoms with E-state index in [-0.39, 0.29) is 5.69 Å². The summed E-state index contributed by atoms with van der Waals surface area (Å²) in [6, 6.07) is 15.9. The summed E-state index contributed by atoms with van der Waals surface area (Å²) in [5.41, 5.74) is 3.29. The fraction of sp³-hybridized carbons (Fsp3) is 0.111. The van der Waals surface area contributed by atoms with Gasteiger partial charge in [-0.15, -0.1) is 0 Å². The molecule has 3 rings (SSSR count). The van der Waals surface area contributed by atoms with Gasteiger partial charge in [-0.3, -0.25) is 4.57 Å². The molecule has 0 bridgehead atoms. The molecular formula is C18H15BrN2O2. The number of esters is 1. The average Bonchev–Trinajstić information content (AvgIpc) is 3.00. The van der Waals surface area contributed by atoms with Crippen molar-refractivity contribution in [2.75, 3.05) is 7.11 Å². The molecule has 4 nitrogen and oxygen atoms in total. The summed E-state index contributed by atoms with van der Waals surface area (Å²) < 4.78 is 7.69. The molecule has 0 saturated heterocycles. The minimum atomic E-state index is -0.449. The Hall–Kier alpha value is -2.40. The van der Waals surface area contributed by atoms with E-state index in [0.29, 0.717) is 5.82 Å². The number of benzene rings is 2. The monoisotopic (exact) mass is 370 g/mol. The van der Waals surface area contributed by atoms with Crippen molar-refractivity contribution >= 4 is 21.9 Å². The van der Waals surface area contributed by atoms with Gasteiger partial charge in [0.15, 0.2) is 5.69 Å². The second kappa shape index (κ2) is 6.38. The molecule has 0 aliphatic heterocycles. The third-order valence-electron chi connectivity index (χ3n) is 3.48. The van der Waals surface area contributed by atoms with E-state index < -0.39 is 5.97 Å². The largest absolute Gasteiger partial charge is 0.464 e. The number of aryl methyl sites for hydroxylation is 1. The van der Waals surface area contributed by atoms with Gasteiger partial charge in [0.1, 0.15) is 5.82 Å². The smallest absolute Gasteiger partial charge is 0.358 e. The van der Waals surface area contributed by atoms with E-state index in [1.54, 1.807) is 6.20 Å². The van der Waals surface area contributed by atoms with Crippen LogP contribution < -0.4 is 0 Å². The Morgan fingerprint density at radius 3 is 2.57 bits per heavy atom. The lowest BCUT2D eigenvalue weighted by Gasteiger charge is -2.08. The van der Waals surface area contributed by atoms with E-state index in [4.69, 9.17) is 4.74 Å². The van der Waals surface area contributed by atoms with E-state index in [2.05, 4.69) is 20.9 Å². The van der Waals surface area contributed by atoms with Crippen molar-refractivity contribution in [3.05, 3.63) is 70.5 Å². The second-order valence-corrected chi connectivity index (χ2v) is 6.07. The molecule has 3 aromatic rings. The van der Waals surface area contributed by atoms with Gasteiger partial charge in [-0.05, 0) is 37.3 Å². The zero-order valence-corrected chi connectivity index (χ0v) is 14.4. The van der Waals surface area contributed by atoms with Gasteiger partial charge in [0, 0.05) is 21.9 Å². The molecule has 116 valence electrons. The highest BCUT2D eigenvalue weighted by Gasteiger charge is 2.17. The Morgan fingerprint density at radius 2 is 1.91 bits per heavy atom. The molecule has 0 fully saturated rings. The van der Waals surface area contributed by atoms with Crippen molar-refractivity contribution in [2.45, 2.75) is 6.92 Å². The Balaban J connectivity index is 2.18. The quantitative estimate of drug-likeness (QED) is 0.641. The number of ether oxygens (including phenoxy) is 1. The third-order valence-corrected chi connectivity index (χ3v) is 4.01. The highest BCUT2D eigenvalue weighted by Crippen LogP contribution is 2.25. The summed E-state index contributed by atoms with van der Waals surface area (Å²) >= 11 is 3.43. The molecule has 0 unspecified atom stereocenters. The molecule has 0 amide bonds. The summed E-state index contributed by atoms with van der Waals surface area (Å²) in [6.07, 6.45) is 1.70. The zero-order chi connectivity index (χ0) is 16.4. The maximum Gasteiger partial charge on any atom is 0.358 e. The molecule has 0 atom stereocenters. The fourth-order valence-electron chi connectivity index (χ4n) is 2.37. The summed E-state index contributed by atoms with van der Waals surface area (Å²) in [5, 5.41) is 0. The van der Waals surface area contributed by atoms with Crippen LogP contribution in [0.4, 0.5) is 0 Å². The zero-order valence-electron chi connectivity index (χ0n) is 12.8. The maximum atomic E-state index is 11.9. The van der Waals surface area contributed by atoms with Crippen molar-refractivity contribution in [1.82, 2.24) is 9.55 Å². The standard InChI is InChI=1S/C18H15BrN2O2/c1-12-4-3-5-13(10-12)17-20-16(18(22)23-2)11-21(17)15-8-6-14(19)7-9-15/h3-11H,1-2H3. The number of aromatic nitrogens is 2. The van der Waals surface area contributed by atoms with Gasteiger partial charge in [0.2, 0.25) is 0 Å². The Kier molecular flexibility index (Phi) is 4.30. The molecule has 0 saturated carbocycles. The normalized spacial score (nSPS) is 10.6. The van der Waals surface area contributed by atoms with E-state index >= 15 is 0 Å². The van der Waals surface area contributed by atoms with Gasteiger partial charge in [0.25, 0.3) is 0 Å². The van der Waals surface area contributed by atoms with Crippen LogP contribution in [0, 0.1) is 6.92 Å². The number of nitrogens with zero attached hydrogens (tertiary/aromatic N) is 2. The predicted molar refractivity (Wildman–Crippen MR) is 92.8 cm³/mol. The molecule has 5 heteroatoms. The summed E-state index contributed by atoms with van der Waals surface area (Å²) in [7, 11) is 1.35. The lowest BCUT2D eigenvalue weighted by molar-refractivity contribution is 0.0594. The van der Waals surface area contributed by atoms with Crippen LogP contribution in [0.15, 0.2) is 59.2 Å². The summed E-state index contributed by atoms with van der Waals surface area (Å²) in [5.74, 6) is 0.256. The van der Waals surface area contributed by atoms with Crippen LogP contribution in [0.25, 0.3) is 17.1 Å². The first kappa shape index (κ1) is 15.5. The molecule has 2 aromatic carbocycles. The van der Waals surface area contributed by atoms with E-state index in [1.807, 2.05) is 60.0 Å². The van der Waals surface area contributed by atoms with E-state index in [9.17, 15) is 4.79 Å². The number of hydrogen-bond donors (Lipinski definition) is 0. The molecule has 1 heterocycles. The Labute approximate surface area is 142 Å².